The summed E-state index contributed by atoms with van der Waals surface area (Å²) in [5, 5.41) is 12.6. The average molecular weight is 236 g/mol. The fourth-order valence-corrected chi connectivity index (χ4v) is 1.64. The van der Waals surface area contributed by atoms with Crippen LogP contribution in [-0.4, -0.2) is 30.2 Å². The predicted octanol–water partition coefficient (Wildman–Crippen LogP) is 0.0642. The molecule has 2 heterocycles. The molecule has 0 unspecified atom stereocenters. The molecule has 0 amide bonds. The van der Waals surface area contributed by atoms with Gasteiger partial charge in [-0.1, -0.05) is 0 Å². The van der Waals surface area contributed by atoms with E-state index in [-0.39, 0.29) is 18.5 Å². The van der Waals surface area contributed by atoms with Crippen LogP contribution in [-0.2, 0) is 11.3 Å². The topological polar surface area (TPSA) is 89.5 Å². The van der Waals surface area contributed by atoms with Gasteiger partial charge in [-0.2, -0.15) is 5.10 Å². The van der Waals surface area contributed by atoms with Crippen molar-refractivity contribution in [2.45, 2.75) is 26.3 Å². The minimum Gasteiger partial charge on any atom is -0.481 e. The Morgan fingerprint density at radius 1 is 1.53 bits per heavy atom. The van der Waals surface area contributed by atoms with Gasteiger partial charge in [-0.3, -0.25) is 14.0 Å². The number of carbonyl (C=O) groups is 1. The molecule has 0 bridgehead atoms. The number of carboxylic acids is 1. The number of aliphatic carboxylic acids is 1. The summed E-state index contributed by atoms with van der Waals surface area (Å²) in [6, 6.07) is 0. The van der Waals surface area contributed by atoms with E-state index < -0.39 is 5.97 Å². The summed E-state index contributed by atoms with van der Waals surface area (Å²) in [7, 11) is 0. The second-order valence-corrected chi connectivity index (χ2v) is 3.69. The maximum Gasteiger partial charge on any atom is 0.310 e. The minimum atomic E-state index is -0.878. The van der Waals surface area contributed by atoms with Gasteiger partial charge in [0.2, 0.25) is 5.65 Å². The summed E-state index contributed by atoms with van der Waals surface area (Å²) in [5.74, 6) is -0.232. The van der Waals surface area contributed by atoms with Gasteiger partial charge in [0.05, 0.1) is 0 Å². The Morgan fingerprint density at radius 3 is 3.00 bits per heavy atom. The van der Waals surface area contributed by atoms with Gasteiger partial charge in [0.1, 0.15) is 5.82 Å². The molecule has 0 saturated carbocycles. The van der Waals surface area contributed by atoms with Crippen molar-refractivity contribution in [3.8, 4) is 0 Å². The molecule has 2 aromatic rings. The highest BCUT2D eigenvalue weighted by Gasteiger charge is 2.08. The van der Waals surface area contributed by atoms with Crippen molar-refractivity contribution < 1.29 is 9.90 Å². The lowest BCUT2D eigenvalue weighted by Gasteiger charge is -2.06. The van der Waals surface area contributed by atoms with Crippen LogP contribution >= 0.6 is 0 Å². The number of carboxylic acid groups (broad SMARTS) is 1. The van der Waals surface area contributed by atoms with Gasteiger partial charge in [-0.15, -0.1) is 0 Å². The van der Waals surface area contributed by atoms with E-state index >= 15 is 0 Å². The Balaban J connectivity index is 2.31. The maximum atomic E-state index is 11.9. The van der Waals surface area contributed by atoms with Gasteiger partial charge in [0.25, 0.3) is 0 Å². The lowest BCUT2D eigenvalue weighted by molar-refractivity contribution is -0.137. The Hall–Kier alpha value is -2.18. The highest BCUT2D eigenvalue weighted by molar-refractivity contribution is 5.66. The van der Waals surface area contributed by atoms with E-state index in [0.717, 1.165) is 0 Å². The Labute approximate surface area is 96.3 Å². The molecular weight excluding hydrogens is 224 g/mol. The third-order valence-electron chi connectivity index (χ3n) is 2.44. The van der Waals surface area contributed by atoms with Crippen molar-refractivity contribution >= 4 is 11.6 Å². The number of hydrogen-bond acceptors (Lipinski definition) is 4. The molecule has 2 aromatic heterocycles. The molecule has 0 atom stereocenters. The summed E-state index contributed by atoms with van der Waals surface area (Å²) in [6.07, 6.45) is 3.60. The number of aromatic nitrogens is 4. The molecule has 17 heavy (non-hydrogen) atoms. The van der Waals surface area contributed by atoms with Gasteiger partial charge in [0, 0.05) is 25.4 Å². The first-order valence-corrected chi connectivity index (χ1v) is 5.22. The van der Waals surface area contributed by atoms with E-state index in [1.165, 1.54) is 10.9 Å². The van der Waals surface area contributed by atoms with Crippen LogP contribution in [0.5, 0.6) is 0 Å². The molecule has 0 fully saturated rings. The van der Waals surface area contributed by atoms with E-state index in [9.17, 15) is 9.59 Å². The molecule has 0 aliphatic rings. The highest BCUT2D eigenvalue weighted by Crippen LogP contribution is 1.98. The normalized spacial score (nSPS) is 10.9. The summed E-state index contributed by atoms with van der Waals surface area (Å²) >= 11 is 0. The van der Waals surface area contributed by atoms with Gasteiger partial charge in [-0.25, -0.2) is 9.67 Å². The van der Waals surface area contributed by atoms with Crippen LogP contribution in [0.1, 0.15) is 18.7 Å². The fourth-order valence-electron chi connectivity index (χ4n) is 1.64. The van der Waals surface area contributed by atoms with Crippen LogP contribution in [0.2, 0.25) is 0 Å². The molecule has 0 spiro atoms. The number of rotatable bonds is 4. The van der Waals surface area contributed by atoms with Gasteiger partial charge in [0.15, 0.2) is 0 Å². The molecule has 7 nitrogen and oxygen atoms in total. The SMILES string of the molecule is Cc1nn(CCCC(=O)O)c(=O)c2nccn12. The zero-order valence-corrected chi connectivity index (χ0v) is 9.33. The number of fused-ring (bicyclic) bond motifs is 1. The molecule has 0 saturated heterocycles. The van der Waals surface area contributed by atoms with Crippen molar-refractivity contribution in [1.29, 1.82) is 0 Å². The predicted molar refractivity (Wildman–Crippen MR) is 58.9 cm³/mol. The Bertz CT molecular complexity index is 614. The Kier molecular flexibility index (Phi) is 2.90. The zero-order valence-electron chi connectivity index (χ0n) is 9.33. The lowest BCUT2D eigenvalue weighted by atomic mass is 10.3. The third kappa shape index (κ3) is 2.17. The van der Waals surface area contributed by atoms with Crippen molar-refractivity contribution in [1.82, 2.24) is 19.2 Å². The van der Waals surface area contributed by atoms with Crippen LogP contribution in [0.25, 0.3) is 5.65 Å². The first-order chi connectivity index (χ1) is 8.09. The van der Waals surface area contributed by atoms with Crippen molar-refractivity contribution in [3.05, 3.63) is 28.6 Å². The van der Waals surface area contributed by atoms with E-state index in [4.69, 9.17) is 5.11 Å². The molecule has 90 valence electrons. The van der Waals surface area contributed by atoms with E-state index in [1.54, 1.807) is 17.5 Å². The third-order valence-corrected chi connectivity index (χ3v) is 2.44. The van der Waals surface area contributed by atoms with Crippen molar-refractivity contribution in [2.75, 3.05) is 0 Å². The van der Waals surface area contributed by atoms with Crippen LogP contribution < -0.4 is 5.56 Å². The molecule has 0 aliphatic carbocycles. The van der Waals surface area contributed by atoms with Crippen molar-refractivity contribution in [3.63, 3.8) is 0 Å². The molecule has 0 aromatic carbocycles. The quantitative estimate of drug-likeness (QED) is 0.811. The van der Waals surface area contributed by atoms with Crippen LogP contribution in [0.4, 0.5) is 0 Å². The molecule has 0 radical (unpaired) electrons. The first-order valence-electron chi connectivity index (χ1n) is 5.22. The Morgan fingerprint density at radius 2 is 2.29 bits per heavy atom. The highest BCUT2D eigenvalue weighted by atomic mass is 16.4. The summed E-state index contributed by atoms with van der Waals surface area (Å²) in [6.45, 7) is 2.05. The largest absolute Gasteiger partial charge is 0.481 e. The van der Waals surface area contributed by atoms with Crippen LogP contribution in [0.15, 0.2) is 17.2 Å². The van der Waals surface area contributed by atoms with Crippen LogP contribution in [0, 0.1) is 6.92 Å². The maximum absolute atomic E-state index is 11.9. The summed E-state index contributed by atoms with van der Waals surface area (Å²) < 4.78 is 2.87. The average Bonchev–Trinajstić information content (AvgIpc) is 2.74. The summed E-state index contributed by atoms with van der Waals surface area (Å²) in [5.41, 5.74) is 0.0128. The smallest absolute Gasteiger partial charge is 0.310 e. The first kappa shape index (κ1) is 11.3. The fraction of sp³-hybridized carbons (Fsp3) is 0.400. The van der Waals surface area contributed by atoms with Crippen LogP contribution in [0.3, 0.4) is 0 Å². The zero-order chi connectivity index (χ0) is 12.4. The van der Waals surface area contributed by atoms with E-state index in [1.807, 2.05) is 0 Å². The van der Waals surface area contributed by atoms with Gasteiger partial charge in [-0.05, 0) is 13.3 Å². The summed E-state index contributed by atoms with van der Waals surface area (Å²) in [4.78, 5) is 26.2. The lowest BCUT2D eigenvalue weighted by Crippen LogP contribution is -2.27. The molecule has 0 aliphatic heterocycles. The number of nitrogens with zero attached hydrogens (tertiary/aromatic N) is 4. The second kappa shape index (κ2) is 4.36. The van der Waals surface area contributed by atoms with Crippen molar-refractivity contribution in [2.24, 2.45) is 0 Å². The number of imidazole rings is 1. The van der Waals surface area contributed by atoms with Gasteiger partial charge >= 0.3 is 11.5 Å². The number of hydrogen-bond donors (Lipinski definition) is 1. The van der Waals surface area contributed by atoms with Gasteiger partial charge < -0.3 is 5.11 Å². The van der Waals surface area contributed by atoms with E-state index in [2.05, 4.69) is 10.1 Å². The minimum absolute atomic E-state index is 0.0206. The monoisotopic (exact) mass is 236 g/mol. The number of aryl methyl sites for hydroxylation is 2. The molecule has 7 heteroatoms. The van der Waals surface area contributed by atoms with E-state index in [0.29, 0.717) is 17.9 Å². The molecular formula is C10H12N4O3. The second-order valence-electron chi connectivity index (χ2n) is 3.69. The molecule has 2 rings (SSSR count). The standard InChI is InChI=1S/C10H12N4O3/c1-7-12-14(5-2-3-8(15)16)10(17)9-11-4-6-13(7)9/h4,6H,2-3,5H2,1H3,(H,15,16). The molecule has 1 N–H and O–H groups in total.